The molecule has 1 unspecified atom stereocenters. The third kappa shape index (κ3) is 3.91. The number of carbonyl (C=O) groups is 1. The van der Waals surface area contributed by atoms with E-state index < -0.39 is 10.0 Å². The molecule has 1 N–H and O–H groups in total. The van der Waals surface area contributed by atoms with Crippen LogP contribution < -0.4 is 5.32 Å². The number of hydrogen-bond donors (Lipinski definition) is 1. The minimum atomic E-state index is -3.52. The van der Waals surface area contributed by atoms with Crippen molar-refractivity contribution in [2.75, 3.05) is 18.4 Å². The molecule has 25 heavy (non-hydrogen) atoms. The van der Waals surface area contributed by atoms with Crippen LogP contribution in [0.25, 0.3) is 0 Å². The van der Waals surface area contributed by atoms with Gasteiger partial charge in [0.25, 0.3) is 5.91 Å². The van der Waals surface area contributed by atoms with Crippen LogP contribution in [0, 0.1) is 12.8 Å². The second-order valence-corrected chi connectivity index (χ2v) is 8.35. The first-order valence-corrected chi connectivity index (χ1v) is 9.65. The van der Waals surface area contributed by atoms with E-state index in [1.807, 2.05) is 0 Å². The van der Waals surface area contributed by atoms with E-state index in [1.54, 1.807) is 13.0 Å². The van der Waals surface area contributed by atoms with Gasteiger partial charge in [-0.3, -0.25) is 4.79 Å². The fraction of sp³-hybridized carbons (Fsp3) is 0.412. The normalized spacial score (nSPS) is 18.9. The molecule has 7 nitrogen and oxygen atoms in total. The van der Waals surface area contributed by atoms with Crippen molar-refractivity contribution in [3.63, 3.8) is 0 Å². The number of anilines is 1. The third-order valence-electron chi connectivity index (χ3n) is 4.24. The summed E-state index contributed by atoms with van der Waals surface area (Å²) in [6.07, 6.45) is 1.92. The van der Waals surface area contributed by atoms with Crippen molar-refractivity contribution in [2.45, 2.75) is 31.6 Å². The van der Waals surface area contributed by atoms with Gasteiger partial charge in [0.2, 0.25) is 10.0 Å². The Bertz CT molecular complexity index is 858. The van der Waals surface area contributed by atoms with Crippen LogP contribution in [0.3, 0.4) is 0 Å². The molecule has 1 aliphatic rings. The number of carbonyl (C=O) groups excluding carboxylic acids is 1. The molecule has 0 spiro atoms. The number of rotatable bonds is 4. The van der Waals surface area contributed by atoms with Crippen molar-refractivity contribution in [3.8, 4) is 0 Å². The maximum atomic E-state index is 12.7. The average molecular weight is 363 g/mol. The summed E-state index contributed by atoms with van der Waals surface area (Å²) in [5.74, 6) is 0.900. The highest BCUT2D eigenvalue weighted by molar-refractivity contribution is 7.89. The number of aryl methyl sites for hydroxylation is 1. The highest BCUT2D eigenvalue weighted by atomic mass is 32.2. The van der Waals surface area contributed by atoms with Gasteiger partial charge in [0.15, 0.2) is 5.82 Å². The molecule has 1 aliphatic heterocycles. The van der Waals surface area contributed by atoms with E-state index in [4.69, 9.17) is 4.52 Å². The molecule has 1 aromatic carbocycles. The Morgan fingerprint density at radius 1 is 1.32 bits per heavy atom. The molecule has 1 amide bonds. The first-order valence-electron chi connectivity index (χ1n) is 8.21. The zero-order valence-electron chi connectivity index (χ0n) is 14.2. The highest BCUT2D eigenvalue weighted by Gasteiger charge is 2.28. The number of nitrogens with zero attached hydrogens (tertiary/aromatic N) is 2. The van der Waals surface area contributed by atoms with Gasteiger partial charge in [-0.15, -0.1) is 0 Å². The van der Waals surface area contributed by atoms with Gasteiger partial charge in [0.1, 0.15) is 5.76 Å². The molecule has 1 aromatic heterocycles. The van der Waals surface area contributed by atoms with E-state index in [9.17, 15) is 13.2 Å². The lowest BCUT2D eigenvalue weighted by atomic mass is 10.0. The quantitative estimate of drug-likeness (QED) is 0.901. The van der Waals surface area contributed by atoms with E-state index in [0.717, 1.165) is 12.8 Å². The summed E-state index contributed by atoms with van der Waals surface area (Å²) in [7, 11) is -3.52. The van der Waals surface area contributed by atoms with Crippen LogP contribution in [0.1, 0.15) is 35.9 Å². The summed E-state index contributed by atoms with van der Waals surface area (Å²) in [4.78, 5) is 12.4. The summed E-state index contributed by atoms with van der Waals surface area (Å²) in [6.45, 7) is 4.86. The van der Waals surface area contributed by atoms with Gasteiger partial charge in [0.05, 0.1) is 4.90 Å². The number of sulfonamides is 1. The fourth-order valence-corrected chi connectivity index (χ4v) is 4.50. The molecule has 134 valence electrons. The summed E-state index contributed by atoms with van der Waals surface area (Å²) >= 11 is 0. The summed E-state index contributed by atoms with van der Waals surface area (Å²) in [5, 5.41) is 6.30. The van der Waals surface area contributed by atoms with E-state index in [-0.39, 0.29) is 10.8 Å². The predicted octanol–water partition coefficient (Wildman–Crippen LogP) is 2.66. The second-order valence-electron chi connectivity index (χ2n) is 6.41. The van der Waals surface area contributed by atoms with E-state index in [2.05, 4.69) is 17.4 Å². The molecular weight excluding hydrogens is 342 g/mol. The summed E-state index contributed by atoms with van der Waals surface area (Å²) in [6, 6.07) is 7.55. The van der Waals surface area contributed by atoms with Crippen LogP contribution in [-0.2, 0) is 10.0 Å². The molecule has 1 fully saturated rings. The van der Waals surface area contributed by atoms with Gasteiger partial charge in [-0.05, 0) is 49.9 Å². The Hall–Kier alpha value is -2.19. The van der Waals surface area contributed by atoms with Crippen LogP contribution in [0.2, 0.25) is 0 Å². The smallest absolute Gasteiger partial charge is 0.256 e. The van der Waals surface area contributed by atoms with Gasteiger partial charge < -0.3 is 9.84 Å². The zero-order chi connectivity index (χ0) is 18.0. The molecule has 0 radical (unpaired) electrons. The van der Waals surface area contributed by atoms with Crippen molar-refractivity contribution in [1.82, 2.24) is 9.46 Å². The maximum absolute atomic E-state index is 12.7. The minimum absolute atomic E-state index is 0.204. The lowest BCUT2D eigenvalue weighted by Crippen LogP contribution is -2.39. The van der Waals surface area contributed by atoms with Crippen molar-refractivity contribution in [2.24, 2.45) is 5.92 Å². The molecular formula is C17H21N3O4S. The first-order chi connectivity index (χ1) is 11.9. The van der Waals surface area contributed by atoms with Crippen LogP contribution in [0.15, 0.2) is 39.8 Å². The Morgan fingerprint density at radius 2 is 2.04 bits per heavy atom. The van der Waals surface area contributed by atoms with E-state index in [1.165, 1.54) is 28.6 Å². The molecule has 3 rings (SSSR count). The Labute approximate surface area is 147 Å². The van der Waals surface area contributed by atoms with Crippen molar-refractivity contribution in [3.05, 3.63) is 41.7 Å². The van der Waals surface area contributed by atoms with Crippen LogP contribution in [0.4, 0.5) is 5.82 Å². The van der Waals surface area contributed by atoms with E-state index >= 15 is 0 Å². The molecule has 1 atom stereocenters. The number of hydrogen-bond acceptors (Lipinski definition) is 5. The highest BCUT2D eigenvalue weighted by Crippen LogP contribution is 2.23. The zero-order valence-corrected chi connectivity index (χ0v) is 15.0. The number of amides is 1. The number of aromatic nitrogens is 1. The molecule has 0 bridgehead atoms. The number of nitrogens with one attached hydrogen (secondary N) is 1. The summed E-state index contributed by atoms with van der Waals surface area (Å²) in [5.41, 5.74) is 0.353. The Kier molecular flexibility index (Phi) is 4.91. The van der Waals surface area contributed by atoms with Gasteiger partial charge >= 0.3 is 0 Å². The summed E-state index contributed by atoms with van der Waals surface area (Å²) < 4.78 is 31.8. The number of piperidine rings is 1. The number of benzene rings is 1. The standard InChI is InChI=1S/C17H21N3O4S/c1-12-4-3-9-20(11-12)25(22,23)15-7-5-14(6-8-15)17(21)18-16-10-13(2)24-19-16/h5-8,10,12H,3-4,9,11H2,1-2H3,(H,18,19,21). The lowest BCUT2D eigenvalue weighted by molar-refractivity contribution is 0.102. The van der Waals surface area contributed by atoms with Gasteiger partial charge in [-0.1, -0.05) is 12.1 Å². The fourth-order valence-electron chi connectivity index (χ4n) is 2.91. The Balaban J connectivity index is 1.74. The lowest BCUT2D eigenvalue weighted by Gasteiger charge is -2.30. The molecule has 2 aromatic rings. The SMILES string of the molecule is Cc1cc(NC(=O)c2ccc(S(=O)(=O)N3CCCC(C)C3)cc2)no1. The van der Waals surface area contributed by atoms with E-state index in [0.29, 0.717) is 36.1 Å². The monoisotopic (exact) mass is 363 g/mol. The average Bonchev–Trinajstić information content (AvgIpc) is 3.00. The molecule has 0 aliphatic carbocycles. The van der Waals surface area contributed by atoms with Crippen molar-refractivity contribution >= 4 is 21.7 Å². The second kappa shape index (κ2) is 6.97. The largest absolute Gasteiger partial charge is 0.360 e. The minimum Gasteiger partial charge on any atom is -0.360 e. The van der Waals surface area contributed by atoms with Gasteiger partial charge in [0, 0.05) is 24.7 Å². The molecule has 8 heteroatoms. The Morgan fingerprint density at radius 3 is 2.64 bits per heavy atom. The van der Waals surface area contributed by atoms with Crippen LogP contribution in [-0.4, -0.2) is 36.9 Å². The topological polar surface area (TPSA) is 92.5 Å². The molecule has 2 heterocycles. The first kappa shape index (κ1) is 17.6. The van der Waals surface area contributed by atoms with Crippen LogP contribution >= 0.6 is 0 Å². The van der Waals surface area contributed by atoms with Gasteiger partial charge in [-0.25, -0.2) is 8.42 Å². The van der Waals surface area contributed by atoms with Crippen molar-refractivity contribution < 1.29 is 17.7 Å². The van der Waals surface area contributed by atoms with Crippen molar-refractivity contribution in [1.29, 1.82) is 0 Å². The third-order valence-corrected chi connectivity index (χ3v) is 6.12. The molecule has 0 saturated carbocycles. The van der Waals surface area contributed by atoms with Crippen LogP contribution in [0.5, 0.6) is 0 Å². The maximum Gasteiger partial charge on any atom is 0.256 e. The predicted molar refractivity (Wildman–Crippen MR) is 92.8 cm³/mol. The molecule has 1 saturated heterocycles. The van der Waals surface area contributed by atoms with Gasteiger partial charge in [-0.2, -0.15) is 4.31 Å².